The van der Waals surface area contributed by atoms with Crippen LogP contribution in [0.3, 0.4) is 0 Å². The summed E-state index contributed by atoms with van der Waals surface area (Å²) in [4.78, 5) is 20.3. The quantitative estimate of drug-likeness (QED) is 0.833. The first-order valence-corrected chi connectivity index (χ1v) is 9.10. The van der Waals surface area contributed by atoms with Crippen LogP contribution < -0.4 is 0 Å². The Kier molecular flexibility index (Phi) is 4.53. The third kappa shape index (κ3) is 3.18. The molecular weight excluding hydrogens is 304 g/mol. The van der Waals surface area contributed by atoms with Crippen LogP contribution in [-0.2, 0) is 12.8 Å². The van der Waals surface area contributed by atoms with Crippen LogP contribution in [0.5, 0.6) is 0 Å². The van der Waals surface area contributed by atoms with Gasteiger partial charge in [-0.25, -0.2) is 4.98 Å². The largest absolute Gasteiger partial charge is 0.334 e. The van der Waals surface area contributed by atoms with Crippen LogP contribution in [0.1, 0.15) is 57.8 Å². The van der Waals surface area contributed by atoms with E-state index in [0.717, 1.165) is 34.8 Å². The highest BCUT2D eigenvalue weighted by molar-refractivity contribution is 7.13. The van der Waals surface area contributed by atoms with Gasteiger partial charge in [-0.05, 0) is 36.8 Å². The number of rotatable bonds is 4. The Morgan fingerprint density at radius 2 is 2.13 bits per heavy atom. The highest BCUT2D eigenvalue weighted by Crippen LogP contribution is 2.36. The van der Waals surface area contributed by atoms with Crippen molar-refractivity contribution in [1.82, 2.24) is 9.88 Å². The molecule has 0 aliphatic heterocycles. The number of aromatic nitrogens is 1. The zero-order chi connectivity index (χ0) is 16.6. The van der Waals surface area contributed by atoms with Gasteiger partial charge in [-0.1, -0.05) is 38.1 Å². The molecule has 23 heavy (non-hydrogen) atoms. The molecule has 1 aliphatic carbocycles. The van der Waals surface area contributed by atoms with Crippen molar-refractivity contribution >= 4 is 17.2 Å². The number of hydrogen-bond acceptors (Lipinski definition) is 3. The average Bonchev–Trinajstić information content (AvgIpc) is 3.08. The Bertz CT molecular complexity index is 720. The van der Waals surface area contributed by atoms with E-state index < -0.39 is 0 Å². The minimum atomic E-state index is 0.108. The predicted molar refractivity (Wildman–Crippen MR) is 95.0 cm³/mol. The number of nitrogens with zero attached hydrogens (tertiary/aromatic N) is 2. The van der Waals surface area contributed by atoms with Crippen LogP contribution in [-0.4, -0.2) is 22.8 Å². The molecule has 0 saturated carbocycles. The Morgan fingerprint density at radius 1 is 1.39 bits per heavy atom. The first-order chi connectivity index (χ1) is 11.0. The van der Waals surface area contributed by atoms with Gasteiger partial charge in [-0.3, -0.25) is 4.79 Å². The van der Waals surface area contributed by atoms with E-state index in [9.17, 15) is 4.79 Å². The average molecular weight is 328 g/mol. The second-order valence-electron chi connectivity index (χ2n) is 6.79. The number of carbonyl (C=O) groups is 1. The zero-order valence-corrected chi connectivity index (χ0v) is 15.1. The van der Waals surface area contributed by atoms with Crippen molar-refractivity contribution in [3.63, 3.8) is 0 Å². The van der Waals surface area contributed by atoms with Crippen LogP contribution in [0, 0.1) is 12.8 Å². The summed E-state index contributed by atoms with van der Waals surface area (Å²) < 4.78 is 0. The topological polar surface area (TPSA) is 33.2 Å². The molecular formula is C19H24N2OS. The Morgan fingerprint density at radius 3 is 2.87 bits per heavy atom. The molecule has 1 amide bonds. The van der Waals surface area contributed by atoms with Gasteiger partial charge in [0.15, 0.2) is 0 Å². The Labute approximate surface area is 142 Å². The first kappa shape index (κ1) is 16.2. The maximum absolute atomic E-state index is 13.0. The first-order valence-electron chi connectivity index (χ1n) is 8.28. The molecule has 1 heterocycles. The lowest BCUT2D eigenvalue weighted by molar-refractivity contribution is 0.0734. The highest BCUT2D eigenvalue weighted by atomic mass is 32.1. The summed E-state index contributed by atoms with van der Waals surface area (Å²) in [5.41, 5.74) is 3.54. The molecule has 0 fully saturated rings. The molecule has 3 rings (SSSR count). The van der Waals surface area contributed by atoms with E-state index in [1.54, 1.807) is 11.3 Å². The van der Waals surface area contributed by atoms with E-state index in [1.165, 1.54) is 11.1 Å². The monoisotopic (exact) mass is 328 g/mol. The summed E-state index contributed by atoms with van der Waals surface area (Å²) in [6, 6.07) is 8.66. The lowest BCUT2D eigenvalue weighted by atomic mass is 10.1. The van der Waals surface area contributed by atoms with E-state index in [2.05, 4.69) is 43.1 Å². The van der Waals surface area contributed by atoms with Gasteiger partial charge in [0.1, 0.15) is 4.88 Å². The van der Waals surface area contributed by atoms with Gasteiger partial charge in [0.25, 0.3) is 5.91 Å². The number of aryl methyl sites for hydroxylation is 2. The fraction of sp³-hybridized carbons (Fsp3) is 0.474. The third-order valence-electron chi connectivity index (χ3n) is 4.51. The van der Waals surface area contributed by atoms with Gasteiger partial charge >= 0.3 is 0 Å². The standard InChI is InChI=1S/C19H24N2OS/c1-12(2)11-17-20-13(3)18(23-17)19(22)21(4)16-10-9-14-7-5-6-8-15(14)16/h5-8,12,16H,9-11H2,1-4H3. The number of hydrogen-bond donors (Lipinski definition) is 0. The highest BCUT2D eigenvalue weighted by Gasteiger charge is 2.30. The number of thiazole rings is 1. The van der Waals surface area contributed by atoms with Gasteiger partial charge < -0.3 is 4.90 Å². The molecule has 0 spiro atoms. The van der Waals surface area contributed by atoms with Crippen LogP contribution in [0.2, 0.25) is 0 Å². The zero-order valence-electron chi connectivity index (χ0n) is 14.3. The molecule has 1 aliphatic rings. The molecule has 1 aromatic heterocycles. The van der Waals surface area contributed by atoms with Crippen LogP contribution in [0.15, 0.2) is 24.3 Å². The smallest absolute Gasteiger partial charge is 0.266 e. The van der Waals surface area contributed by atoms with E-state index in [-0.39, 0.29) is 11.9 Å². The lowest BCUT2D eigenvalue weighted by Crippen LogP contribution is -2.30. The molecule has 1 aromatic carbocycles. The van der Waals surface area contributed by atoms with Crippen LogP contribution in [0.4, 0.5) is 0 Å². The Balaban J connectivity index is 1.82. The summed E-state index contributed by atoms with van der Waals surface area (Å²) >= 11 is 1.56. The molecule has 0 bridgehead atoms. The second-order valence-corrected chi connectivity index (χ2v) is 7.87. The Hall–Kier alpha value is -1.68. The maximum Gasteiger partial charge on any atom is 0.266 e. The van der Waals surface area contributed by atoms with Gasteiger partial charge in [0, 0.05) is 13.5 Å². The van der Waals surface area contributed by atoms with E-state index in [4.69, 9.17) is 0 Å². The summed E-state index contributed by atoms with van der Waals surface area (Å²) in [6.45, 7) is 6.31. The maximum atomic E-state index is 13.0. The van der Waals surface area contributed by atoms with Gasteiger partial charge in [0.2, 0.25) is 0 Å². The number of benzene rings is 1. The van der Waals surface area contributed by atoms with Gasteiger partial charge in [-0.2, -0.15) is 0 Å². The van der Waals surface area contributed by atoms with Crippen molar-refractivity contribution in [2.24, 2.45) is 5.92 Å². The van der Waals surface area contributed by atoms with Crippen molar-refractivity contribution < 1.29 is 4.79 Å². The van der Waals surface area contributed by atoms with Crippen LogP contribution in [0.25, 0.3) is 0 Å². The molecule has 1 unspecified atom stereocenters. The lowest BCUT2D eigenvalue weighted by Gasteiger charge is -2.25. The number of amides is 1. The second kappa shape index (κ2) is 6.44. The molecule has 1 atom stereocenters. The third-order valence-corrected chi connectivity index (χ3v) is 5.67. The minimum Gasteiger partial charge on any atom is -0.334 e. The minimum absolute atomic E-state index is 0.108. The van der Waals surface area contributed by atoms with Crippen molar-refractivity contribution in [3.8, 4) is 0 Å². The van der Waals surface area contributed by atoms with Crippen LogP contribution >= 0.6 is 11.3 Å². The number of fused-ring (bicyclic) bond motifs is 1. The summed E-state index contributed by atoms with van der Waals surface area (Å²) in [5.74, 6) is 0.666. The molecule has 122 valence electrons. The fourth-order valence-electron chi connectivity index (χ4n) is 3.33. The van der Waals surface area contributed by atoms with Crippen molar-refractivity contribution in [2.75, 3.05) is 7.05 Å². The van der Waals surface area contributed by atoms with Crippen molar-refractivity contribution in [3.05, 3.63) is 51.0 Å². The van der Waals surface area contributed by atoms with E-state index in [1.807, 2.05) is 18.9 Å². The van der Waals surface area contributed by atoms with Crippen molar-refractivity contribution in [2.45, 2.75) is 46.1 Å². The van der Waals surface area contributed by atoms with Crippen molar-refractivity contribution in [1.29, 1.82) is 0 Å². The molecule has 4 heteroatoms. The summed E-state index contributed by atoms with van der Waals surface area (Å²) in [7, 11) is 1.93. The predicted octanol–water partition coefficient (Wildman–Crippen LogP) is 4.41. The summed E-state index contributed by atoms with van der Waals surface area (Å²) in [6.07, 6.45) is 3.01. The van der Waals surface area contributed by atoms with Gasteiger partial charge in [-0.15, -0.1) is 11.3 Å². The van der Waals surface area contributed by atoms with Gasteiger partial charge in [0.05, 0.1) is 16.7 Å². The molecule has 0 N–H and O–H groups in total. The molecule has 0 saturated heterocycles. The van der Waals surface area contributed by atoms with E-state index in [0.29, 0.717) is 5.92 Å². The normalized spacial score (nSPS) is 16.7. The molecule has 0 radical (unpaired) electrons. The number of carbonyl (C=O) groups excluding carboxylic acids is 1. The SMILES string of the molecule is Cc1nc(CC(C)C)sc1C(=O)N(C)C1CCc2ccccc21. The summed E-state index contributed by atoms with van der Waals surface area (Å²) in [5, 5.41) is 1.07. The molecule has 3 nitrogen and oxygen atoms in total. The van der Waals surface area contributed by atoms with E-state index >= 15 is 0 Å². The molecule has 2 aromatic rings. The fourth-order valence-corrected chi connectivity index (χ4v) is 4.59.